The number of aromatic nitrogens is 1. The molecule has 18 heavy (non-hydrogen) atoms. The van der Waals surface area contributed by atoms with Crippen LogP contribution in [0.3, 0.4) is 0 Å². The van der Waals surface area contributed by atoms with Gasteiger partial charge in [-0.3, -0.25) is 4.79 Å². The van der Waals surface area contributed by atoms with Crippen molar-refractivity contribution in [1.82, 2.24) is 4.98 Å². The average Bonchev–Trinajstić information content (AvgIpc) is 2.38. The maximum atomic E-state index is 13.1. The number of hydrogen-bond donors (Lipinski definition) is 0. The summed E-state index contributed by atoms with van der Waals surface area (Å²) < 4.78 is 13.1. The highest BCUT2D eigenvalue weighted by Crippen LogP contribution is 2.16. The molecule has 0 spiro atoms. The van der Waals surface area contributed by atoms with Crippen molar-refractivity contribution < 1.29 is 9.18 Å². The second kappa shape index (κ2) is 5.40. The van der Waals surface area contributed by atoms with Crippen LogP contribution in [0.15, 0.2) is 42.6 Å². The fraction of sp³-hybridized carbons (Fsp3) is 0.143. The molecule has 0 saturated heterocycles. The Morgan fingerprint density at radius 3 is 2.89 bits per heavy atom. The lowest BCUT2D eigenvalue weighted by molar-refractivity contribution is 0.112. The normalized spacial score (nSPS) is 10.1. The third kappa shape index (κ3) is 2.71. The maximum absolute atomic E-state index is 13.1. The second-order valence-corrected chi connectivity index (χ2v) is 4.02. The highest BCUT2D eigenvalue weighted by atomic mass is 19.1. The molecule has 0 unspecified atom stereocenters. The van der Waals surface area contributed by atoms with E-state index in [0.717, 1.165) is 11.8 Å². The van der Waals surface area contributed by atoms with Crippen LogP contribution in [-0.2, 0) is 6.54 Å². The zero-order valence-corrected chi connectivity index (χ0v) is 10.0. The molecule has 0 saturated carbocycles. The number of pyridine rings is 1. The van der Waals surface area contributed by atoms with Crippen molar-refractivity contribution in [2.45, 2.75) is 6.54 Å². The van der Waals surface area contributed by atoms with Crippen LogP contribution in [0.1, 0.15) is 15.9 Å². The molecular formula is C14H13FN2O. The smallest absolute Gasteiger partial charge is 0.153 e. The van der Waals surface area contributed by atoms with E-state index >= 15 is 0 Å². The highest BCUT2D eigenvalue weighted by molar-refractivity contribution is 5.82. The first-order valence-electron chi connectivity index (χ1n) is 5.56. The van der Waals surface area contributed by atoms with E-state index in [1.807, 2.05) is 18.0 Å². The fourth-order valence-electron chi connectivity index (χ4n) is 1.80. The van der Waals surface area contributed by atoms with E-state index in [2.05, 4.69) is 4.98 Å². The van der Waals surface area contributed by atoms with Crippen molar-refractivity contribution in [3.05, 3.63) is 59.5 Å². The monoisotopic (exact) mass is 244 g/mol. The number of benzene rings is 1. The summed E-state index contributed by atoms with van der Waals surface area (Å²) in [6, 6.07) is 9.79. The van der Waals surface area contributed by atoms with Gasteiger partial charge in [0, 0.05) is 19.8 Å². The number of rotatable bonds is 4. The third-order valence-corrected chi connectivity index (χ3v) is 2.61. The zero-order chi connectivity index (χ0) is 13.0. The van der Waals surface area contributed by atoms with Crippen molar-refractivity contribution in [3.63, 3.8) is 0 Å². The lowest BCUT2D eigenvalue weighted by Gasteiger charge is -2.19. The van der Waals surface area contributed by atoms with Crippen molar-refractivity contribution in [2.75, 3.05) is 11.9 Å². The van der Waals surface area contributed by atoms with Gasteiger partial charge < -0.3 is 4.90 Å². The van der Waals surface area contributed by atoms with Gasteiger partial charge in [0.2, 0.25) is 0 Å². The summed E-state index contributed by atoms with van der Waals surface area (Å²) in [5.74, 6) is 0.328. The predicted molar refractivity (Wildman–Crippen MR) is 68.1 cm³/mol. The first-order chi connectivity index (χ1) is 8.70. The largest absolute Gasteiger partial charge is 0.355 e. The van der Waals surface area contributed by atoms with E-state index in [0.29, 0.717) is 17.9 Å². The Balaban J connectivity index is 2.21. The fourth-order valence-corrected chi connectivity index (χ4v) is 1.80. The predicted octanol–water partition coefficient (Wildman–Crippen LogP) is 2.67. The van der Waals surface area contributed by atoms with Crippen molar-refractivity contribution in [3.8, 4) is 0 Å². The van der Waals surface area contributed by atoms with Gasteiger partial charge in [0.1, 0.15) is 11.6 Å². The quantitative estimate of drug-likeness (QED) is 0.775. The Labute approximate surface area is 105 Å². The van der Waals surface area contributed by atoms with Gasteiger partial charge in [0.05, 0.1) is 5.56 Å². The Morgan fingerprint density at radius 2 is 2.17 bits per heavy atom. The minimum Gasteiger partial charge on any atom is -0.355 e. The van der Waals surface area contributed by atoms with Crippen LogP contribution >= 0.6 is 0 Å². The maximum Gasteiger partial charge on any atom is 0.153 e. The molecule has 2 rings (SSSR count). The average molecular weight is 244 g/mol. The van der Waals surface area contributed by atoms with Crippen LogP contribution in [0.4, 0.5) is 10.2 Å². The van der Waals surface area contributed by atoms with Crippen LogP contribution in [0, 0.1) is 5.82 Å². The standard InChI is InChI=1S/C14H13FN2O/c1-17(9-11-4-2-6-13(15)8-11)14-12(10-18)5-3-7-16-14/h2-8,10H,9H2,1H3. The molecule has 2 aromatic rings. The van der Waals surface area contributed by atoms with E-state index in [1.165, 1.54) is 12.1 Å². The topological polar surface area (TPSA) is 33.2 Å². The highest BCUT2D eigenvalue weighted by Gasteiger charge is 2.08. The molecule has 0 atom stereocenters. The molecule has 3 nitrogen and oxygen atoms in total. The summed E-state index contributed by atoms with van der Waals surface area (Å²) >= 11 is 0. The Bertz CT molecular complexity index is 557. The van der Waals surface area contributed by atoms with E-state index < -0.39 is 0 Å². The molecule has 0 aliphatic carbocycles. The van der Waals surface area contributed by atoms with Gasteiger partial charge >= 0.3 is 0 Å². The summed E-state index contributed by atoms with van der Waals surface area (Å²) in [5, 5.41) is 0. The summed E-state index contributed by atoms with van der Waals surface area (Å²) in [5.41, 5.74) is 1.36. The molecule has 0 fully saturated rings. The minimum absolute atomic E-state index is 0.266. The Morgan fingerprint density at radius 1 is 1.33 bits per heavy atom. The van der Waals surface area contributed by atoms with E-state index in [4.69, 9.17) is 0 Å². The first-order valence-corrected chi connectivity index (χ1v) is 5.56. The second-order valence-electron chi connectivity index (χ2n) is 4.02. The van der Waals surface area contributed by atoms with Gasteiger partial charge in [-0.25, -0.2) is 9.37 Å². The van der Waals surface area contributed by atoms with Crippen LogP contribution < -0.4 is 4.90 Å². The molecule has 0 N–H and O–H groups in total. The van der Waals surface area contributed by atoms with Crippen LogP contribution in [0.25, 0.3) is 0 Å². The van der Waals surface area contributed by atoms with Crippen LogP contribution in [0.5, 0.6) is 0 Å². The molecule has 0 radical (unpaired) electrons. The van der Waals surface area contributed by atoms with Crippen molar-refractivity contribution >= 4 is 12.1 Å². The van der Waals surface area contributed by atoms with Gasteiger partial charge in [-0.2, -0.15) is 0 Å². The molecule has 92 valence electrons. The van der Waals surface area contributed by atoms with Gasteiger partial charge in [0.25, 0.3) is 0 Å². The number of nitrogens with zero attached hydrogens (tertiary/aromatic N) is 2. The summed E-state index contributed by atoms with van der Waals surface area (Å²) in [6.45, 7) is 0.496. The molecule has 0 aliphatic heterocycles. The lowest BCUT2D eigenvalue weighted by atomic mass is 10.2. The number of aldehydes is 1. The number of hydrogen-bond acceptors (Lipinski definition) is 3. The Hall–Kier alpha value is -2.23. The SMILES string of the molecule is CN(Cc1cccc(F)c1)c1ncccc1C=O. The molecule has 1 aromatic heterocycles. The zero-order valence-electron chi connectivity index (χ0n) is 10.0. The van der Waals surface area contributed by atoms with Crippen molar-refractivity contribution in [2.24, 2.45) is 0 Å². The van der Waals surface area contributed by atoms with E-state index in [1.54, 1.807) is 24.4 Å². The summed E-state index contributed by atoms with van der Waals surface area (Å²) in [6.07, 6.45) is 2.40. The number of carbonyl (C=O) groups excluding carboxylic acids is 1. The molecule has 1 heterocycles. The number of carbonyl (C=O) groups is 1. The van der Waals surface area contributed by atoms with Gasteiger partial charge in [-0.05, 0) is 29.8 Å². The van der Waals surface area contributed by atoms with Crippen LogP contribution in [-0.4, -0.2) is 18.3 Å². The molecule has 4 heteroatoms. The number of halogens is 1. The van der Waals surface area contributed by atoms with Crippen molar-refractivity contribution in [1.29, 1.82) is 0 Å². The molecular weight excluding hydrogens is 231 g/mol. The molecule has 0 bridgehead atoms. The van der Waals surface area contributed by atoms with E-state index in [-0.39, 0.29) is 5.82 Å². The lowest BCUT2D eigenvalue weighted by Crippen LogP contribution is -2.19. The molecule has 1 aromatic carbocycles. The molecule has 0 amide bonds. The first kappa shape index (κ1) is 12.2. The number of anilines is 1. The van der Waals surface area contributed by atoms with Gasteiger partial charge in [-0.15, -0.1) is 0 Å². The summed E-state index contributed by atoms with van der Waals surface area (Å²) in [4.78, 5) is 16.9. The van der Waals surface area contributed by atoms with Gasteiger partial charge in [-0.1, -0.05) is 12.1 Å². The van der Waals surface area contributed by atoms with Gasteiger partial charge in [0.15, 0.2) is 6.29 Å². The minimum atomic E-state index is -0.266. The Kier molecular flexibility index (Phi) is 3.67. The van der Waals surface area contributed by atoms with Crippen LogP contribution in [0.2, 0.25) is 0 Å². The molecule has 0 aliphatic rings. The third-order valence-electron chi connectivity index (χ3n) is 2.61. The summed E-state index contributed by atoms with van der Waals surface area (Å²) in [7, 11) is 1.82. The van der Waals surface area contributed by atoms with E-state index in [9.17, 15) is 9.18 Å².